The zero-order chi connectivity index (χ0) is 26.0. The van der Waals surface area contributed by atoms with Crippen LogP contribution in [0.15, 0.2) is 60.0 Å². The molecule has 1 fully saturated rings. The number of aromatic nitrogens is 1. The number of ether oxygens (including phenoxy) is 2. The molecule has 0 spiro atoms. The molecule has 0 saturated carbocycles. The number of rotatable bonds is 10. The van der Waals surface area contributed by atoms with Gasteiger partial charge in [-0.25, -0.2) is 9.78 Å². The van der Waals surface area contributed by atoms with Gasteiger partial charge in [0.2, 0.25) is 5.91 Å². The number of nitrogens with zero attached hydrogens (tertiary/aromatic N) is 2. The van der Waals surface area contributed by atoms with Crippen molar-refractivity contribution in [1.29, 1.82) is 0 Å². The van der Waals surface area contributed by atoms with Gasteiger partial charge in [-0.05, 0) is 37.0 Å². The number of amides is 3. The van der Waals surface area contributed by atoms with Crippen LogP contribution in [-0.4, -0.2) is 60.6 Å². The number of benzene rings is 2. The van der Waals surface area contributed by atoms with Crippen LogP contribution in [0.5, 0.6) is 0 Å². The van der Waals surface area contributed by atoms with Crippen molar-refractivity contribution in [1.82, 2.24) is 15.2 Å². The van der Waals surface area contributed by atoms with Gasteiger partial charge in [0.25, 0.3) is 5.91 Å². The van der Waals surface area contributed by atoms with Gasteiger partial charge in [0.15, 0.2) is 5.13 Å². The summed E-state index contributed by atoms with van der Waals surface area (Å²) in [7, 11) is 1.63. The van der Waals surface area contributed by atoms with Crippen molar-refractivity contribution in [3.8, 4) is 11.3 Å². The minimum Gasteiger partial charge on any atom is -0.445 e. The van der Waals surface area contributed by atoms with E-state index < -0.39 is 12.1 Å². The highest BCUT2D eigenvalue weighted by Gasteiger charge is 2.35. The van der Waals surface area contributed by atoms with Crippen LogP contribution in [0, 0.1) is 0 Å². The number of methoxy groups -OCH3 is 1. The van der Waals surface area contributed by atoms with Crippen molar-refractivity contribution in [3.63, 3.8) is 0 Å². The first-order valence-electron chi connectivity index (χ1n) is 12.2. The molecule has 3 aromatic rings. The Labute approximate surface area is 219 Å². The van der Waals surface area contributed by atoms with E-state index in [2.05, 4.69) is 15.6 Å². The molecule has 0 aliphatic carbocycles. The van der Waals surface area contributed by atoms with Crippen LogP contribution in [0.25, 0.3) is 11.3 Å². The molecule has 9 nitrogen and oxygen atoms in total. The van der Waals surface area contributed by atoms with Crippen LogP contribution < -0.4 is 10.6 Å². The second kappa shape index (κ2) is 13.0. The van der Waals surface area contributed by atoms with E-state index in [1.54, 1.807) is 19.2 Å². The van der Waals surface area contributed by atoms with Crippen LogP contribution in [0.1, 0.15) is 35.2 Å². The molecule has 1 atom stereocenters. The third kappa shape index (κ3) is 7.14. The molecule has 0 bridgehead atoms. The number of anilines is 1. The molecule has 0 unspecified atom stereocenters. The van der Waals surface area contributed by atoms with Gasteiger partial charge in [-0.2, -0.15) is 0 Å². The standard InChI is InChI=1S/C27H30N4O5S/c1-35-16-6-14-28-24(32)21-12-10-20(11-13-21)22-18-37-26(29-22)30-25(33)23-9-5-15-31(23)27(34)36-17-19-7-3-2-4-8-19/h2-4,7-8,10-13,18,23H,5-6,9,14-17H2,1H3,(H,28,32)(H,29,30,33)/t23-/m0/s1. The molecule has 3 amide bonds. The molecule has 2 aromatic carbocycles. The molecule has 194 valence electrons. The van der Waals surface area contributed by atoms with Gasteiger partial charge >= 0.3 is 6.09 Å². The maximum absolute atomic E-state index is 13.0. The molecular formula is C27H30N4O5S. The fraction of sp³-hybridized carbons (Fsp3) is 0.333. The molecular weight excluding hydrogens is 492 g/mol. The molecule has 0 radical (unpaired) electrons. The van der Waals surface area contributed by atoms with E-state index in [1.165, 1.54) is 16.2 Å². The molecule has 4 rings (SSSR count). The molecule has 2 N–H and O–H groups in total. The van der Waals surface area contributed by atoms with Crippen LogP contribution in [0.4, 0.5) is 9.93 Å². The van der Waals surface area contributed by atoms with Crippen LogP contribution >= 0.6 is 11.3 Å². The summed E-state index contributed by atoms with van der Waals surface area (Å²) in [5, 5.41) is 7.99. The fourth-order valence-electron chi connectivity index (χ4n) is 4.03. The summed E-state index contributed by atoms with van der Waals surface area (Å²) < 4.78 is 10.4. The largest absolute Gasteiger partial charge is 0.445 e. The highest BCUT2D eigenvalue weighted by Crippen LogP contribution is 2.27. The van der Waals surface area contributed by atoms with Gasteiger partial charge in [-0.1, -0.05) is 42.5 Å². The molecule has 1 aliphatic rings. The zero-order valence-electron chi connectivity index (χ0n) is 20.6. The topological polar surface area (TPSA) is 110 Å². The summed E-state index contributed by atoms with van der Waals surface area (Å²) in [6.45, 7) is 1.78. The highest BCUT2D eigenvalue weighted by molar-refractivity contribution is 7.14. The van der Waals surface area contributed by atoms with Crippen LogP contribution in [0.2, 0.25) is 0 Å². The Bertz CT molecular complexity index is 1200. The molecule has 10 heteroatoms. The van der Waals surface area contributed by atoms with Gasteiger partial charge in [-0.15, -0.1) is 11.3 Å². The second-order valence-electron chi connectivity index (χ2n) is 8.60. The normalized spacial score (nSPS) is 14.8. The quantitative estimate of drug-likeness (QED) is 0.384. The maximum Gasteiger partial charge on any atom is 0.410 e. The predicted molar refractivity (Wildman–Crippen MR) is 141 cm³/mol. The lowest BCUT2D eigenvalue weighted by Crippen LogP contribution is -2.43. The van der Waals surface area contributed by atoms with E-state index in [1.807, 2.05) is 47.8 Å². The Balaban J connectivity index is 1.30. The second-order valence-corrected chi connectivity index (χ2v) is 9.46. The number of carbonyl (C=O) groups is 3. The van der Waals surface area contributed by atoms with E-state index in [-0.39, 0.29) is 18.4 Å². The molecule has 1 aromatic heterocycles. The summed E-state index contributed by atoms with van der Waals surface area (Å²) in [6.07, 6.45) is 1.55. The number of thiazole rings is 1. The first-order valence-corrected chi connectivity index (χ1v) is 13.0. The Morgan fingerprint density at radius 3 is 2.65 bits per heavy atom. The van der Waals surface area contributed by atoms with Crippen molar-refractivity contribution >= 4 is 34.4 Å². The van der Waals surface area contributed by atoms with Gasteiger partial charge < -0.3 is 20.1 Å². The Hall–Kier alpha value is -3.76. The van der Waals surface area contributed by atoms with Crippen molar-refractivity contribution in [3.05, 3.63) is 71.1 Å². The van der Waals surface area contributed by atoms with E-state index in [4.69, 9.17) is 9.47 Å². The molecule has 1 aliphatic heterocycles. The lowest BCUT2D eigenvalue weighted by atomic mass is 10.1. The lowest BCUT2D eigenvalue weighted by Gasteiger charge is -2.22. The lowest BCUT2D eigenvalue weighted by molar-refractivity contribution is -0.120. The zero-order valence-corrected chi connectivity index (χ0v) is 21.5. The molecule has 1 saturated heterocycles. The van der Waals surface area contributed by atoms with Crippen LogP contribution in [0.3, 0.4) is 0 Å². The summed E-state index contributed by atoms with van der Waals surface area (Å²) in [5.41, 5.74) is 2.98. The Morgan fingerprint density at radius 1 is 1.11 bits per heavy atom. The third-order valence-electron chi connectivity index (χ3n) is 5.98. The summed E-state index contributed by atoms with van der Waals surface area (Å²) in [6, 6.07) is 16.0. The predicted octanol–water partition coefficient (Wildman–Crippen LogP) is 4.32. The monoisotopic (exact) mass is 522 g/mol. The van der Waals surface area contributed by atoms with E-state index in [0.717, 1.165) is 24.0 Å². The maximum atomic E-state index is 13.0. The van der Waals surface area contributed by atoms with Gasteiger partial charge in [-0.3, -0.25) is 14.5 Å². The van der Waals surface area contributed by atoms with Crippen molar-refractivity contribution in [2.45, 2.75) is 31.9 Å². The molecule has 37 heavy (non-hydrogen) atoms. The summed E-state index contributed by atoms with van der Waals surface area (Å²) in [5.74, 6) is -0.423. The first kappa shape index (κ1) is 26.3. The first-order chi connectivity index (χ1) is 18.0. The van der Waals surface area contributed by atoms with E-state index in [0.29, 0.717) is 42.5 Å². The summed E-state index contributed by atoms with van der Waals surface area (Å²) >= 11 is 1.31. The SMILES string of the molecule is COCCCNC(=O)c1ccc(-c2csc(NC(=O)[C@@H]3CCCN3C(=O)OCc3ccccc3)n2)cc1. The van der Waals surface area contributed by atoms with Crippen molar-refractivity contribution in [2.24, 2.45) is 0 Å². The average Bonchev–Trinajstić information content (AvgIpc) is 3.61. The number of nitrogens with one attached hydrogen (secondary N) is 2. The summed E-state index contributed by atoms with van der Waals surface area (Å²) in [4.78, 5) is 43.8. The average molecular weight is 523 g/mol. The Morgan fingerprint density at radius 2 is 1.89 bits per heavy atom. The van der Waals surface area contributed by atoms with Gasteiger partial charge in [0.05, 0.1) is 5.69 Å². The van der Waals surface area contributed by atoms with Crippen molar-refractivity contribution in [2.75, 3.05) is 32.1 Å². The number of carbonyl (C=O) groups excluding carboxylic acids is 3. The van der Waals surface area contributed by atoms with E-state index in [9.17, 15) is 14.4 Å². The third-order valence-corrected chi connectivity index (χ3v) is 6.74. The Kier molecular flexibility index (Phi) is 9.23. The fourth-order valence-corrected chi connectivity index (χ4v) is 4.75. The minimum absolute atomic E-state index is 0.141. The van der Waals surface area contributed by atoms with Gasteiger partial charge in [0, 0.05) is 43.3 Å². The van der Waals surface area contributed by atoms with Gasteiger partial charge in [0.1, 0.15) is 12.6 Å². The number of hydrogen-bond donors (Lipinski definition) is 2. The highest BCUT2D eigenvalue weighted by atomic mass is 32.1. The van der Waals surface area contributed by atoms with Crippen LogP contribution in [-0.2, 0) is 20.9 Å². The number of likely N-dealkylation sites (tertiary alicyclic amines) is 1. The van der Waals surface area contributed by atoms with E-state index >= 15 is 0 Å². The van der Waals surface area contributed by atoms with Crippen molar-refractivity contribution < 1.29 is 23.9 Å². The number of hydrogen-bond acceptors (Lipinski definition) is 7. The smallest absolute Gasteiger partial charge is 0.410 e. The molecule has 2 heterocycles. The minimum atomic E-state index is -0.600.